The Morgan fingerprint density at radius 3 is 2.62 bits per heavy atom. The van der Waals surface area contributed by atoms with Crippen molar-refractivity contribution < 1.29 is 17.2 Å². The molecule has 0 radical (unpaired) electrons. The fourth-order valence-corrected chi connectivity index (χ4v) is 2.68. The van der Waals surface area contributed by atoms with Crippen LogP contribution in [0.3, 0.4) is 0 Å². The highest BCUT2D eigenvalue weighted by Crippen LogP contribution is 2.11. The molecule has 0 spiro atoms. The van der Waals surface area contributed by atoms with Crippen molar-refractivity contribution in [2.24, 2.45) is 7.05 Å². The Labute approximate surface area is 92.5 Å². The van der Waals surface area contributed by atoms with E-state index in [4.69, 9.17) is 0 Å². The van der Waals surface area contributed by atoms with Crippen LogP contribution < -0.4 is 0 Å². The van der Waals surface area contributed by atoms with Crippen LogP contribution in [-0.4, -0.2) is 23.7 Å². The standard InChI is InChI=1S/C9H12F2N2O2S/c1-7-6-13(2)9(12-7)16(14,15)5-3-4-8(10)11/h4,6H,3,5H2,1-2H3. The number of allylic oxidation sites excluding steroid dienone is 1. The maximum absolute atomic E-state index is 11.7. The number of hydrogen-bond donors (Lipinski definition) is 0. The second-order valence-corrected chi connectivity index (χ2v) is 5.38. The number of hydrogen-bond acceptors (Lipinski definition) is 3. The lowest BCUT2D eigenvalue weighted by Crippen LogP contribution is -2.11. The van der Waals surface area contributed by atoms with E-state index in [0.29, 0.717) is 11.8 Å². The Morgan fingerprint density at radius 2 is 2.19 bits per heavy atom. The summed E-state index contributed by atoms with van der Waals surface area (Å²) in [6.07, 6.45) is 0.0776. The predicted octanol–water partition coefficient (Wildman–Crippen LogP) is 1.67. The van der Waals surface area contributed by atoms with Gasteiger partial charge in [0.25, 0.3) is 6.08 Å². The number of sulfone groups is 1. The Bertz CT molecular complexity index is 502. The molecule has 0 amide bonds. The zero-order valence-corrected chi connectivity index (χ0v) is 9.76. The first-order chi connectivity index (χ1) is 7.33. The van der Waals surface area contributed by atoms with Gasteiger partial charge in [-0.2, -0.15) is 8.78 Å². The third-order valence-electron chi connectivity index (χ3n) is 1.92. The molecule has 1 rings (SSSR count). The van der Waals surface area contributed by atoms with Crippen molar-refractivity contribution in [3.63, 3.8) is 0 Å². The van der Waals surface area contributed by atoms with Gasteiger partial charge in [-0.3, -0.25) is 0 Å². The van der Waals surface area contributed by atoms with Gasteiger partial charge in [-0.1, -0.05) is 0 Å². The molecule has 0 aliphatic carbocycles. The van der Waals surface area contributed by atoms with Crippen molar-refractivity contribution in [1.29, 1.82) is 0 Å². The Kier molecular flexibility index (Phi) is 3.79. The van der Waals surface area contributed by atoms with E-state index < -0.39 is 15.9 Å². The molecule has 0 bridgehead atoms. The summed E-state index contributed by atoms with van der Waals surface area (Å²) in [6, 6.07) is 0. The molecular weight excluding hydrogens is 238 g/mol. The van der Waals surface area contributed by atoms with Crippen molar-refractivity contribution in [2.75, 3.05) is 5.75 Å². The molecule has 90 valence electrons. The van der Waals surface area contributed by atoms with Crippen molar-refractivity contribution in [2.45, 2.75) is 18.5 Å². The van der Waals surface area contributed by atoms with Crippen molar-refractivity contribution in [3.05, 3.63) is 24.0 Å². The topological polar surface area (TPSA) is 52.0 Å². The third-order valence-corrected chi connectivity index (χ3v) is 3.63. The number of aromatic nitrogens is 2. The number of rotatable bonds is 4. The molecule has 0 N–H and O–H groups in total. The van der Waals surface area contributed by atoms with Crippen LogP contribution in [0.5, 0.6) is 0 Å². The summed E-state index contributed by atoms with van der Waals surface area (Å²) in [4.78, 5) is 3.85. The quantitative estimate of drug-likeness (QED) is 0.816. The normalized spacial score (nSPS) is 11.5. The lowest BCUT2D eigenvalue weighted by molar-refractivity contribution is 0.418. The number of nitrogens with zero attached hydrogens (tertiary/aromatic N) is 2. The highest BCUT2D eigenvalue weighted by atomic mass is 32.2. The first kappa shape index (κ1) is 12.8. The van der Waals surface area contributed by atoms with E-state index in [1.54, 1.807) is 20.2 Å². The molecular formula is C9H12F2N2O2S. The number of imidazole rings is 1. The van der Waals surface area contributed by atoms with Gasteiger partial charge in [-0.15, -0.1) is 0 Å². The highest BCUT2D eigenvalue weighted by molar-refractivity contribution is 7.91. The van der Waals surface area contributed by atoms with E-state index >= 15 is 0 Å². The third kappa shape index (κ3) is 3.13. The van der Waals surface area contributed by atoms with Gasteiger partial charge < -0.3 is 4.57 Å². The fourth-order valence-electron chi connectivity index (χ4n) is 1.30. The van der Waals surface area contributed by atoms with Crippen molar-refractivity contribution in [1.82, 2.24) is 9.55 Å². The molecule has 16 heavy (non-hydrogen) atoms. The first-order valence-electron chi connectivity index (χ1n) is 4.57. The van der Waals surface area contributed by atoms with Gasteiger partial charge in [0.15, 0.2) is 0 Å². The summed E-state index contributed by atoms with van der Waals surface area (Å²) in [6.45, 7) is 1.67. The molecule has 4 nitrogen and oxygen atoms in total. The van der Waals surface area contributed by atoms with Gasteiger partial charge in [0.2, 0.25) is 15.0 Å². The van der Waals surface area contributed by atoms with Gasteiger partial charge in [-0.25, -0.2) is 13.4 Å². The molecule has 1 aromatic heterocycles. The van der Waals surface area contributed by atoms with E-state index in [1.807, 2.05) is 0 Å². The van der Waals surface area contributed by atoms with Crippen LogP contribution in [0, 0.1) is 6.92 Å². The maximum atomic E-state index is 11.7. The van der Waals surface area contributed by atoms with Crippen LogP contribution >= 0.6 is 0 Å². The zero-order valence-electron chi connectivity index (χ0n) is 8.94. The minimum atomic E-state index is -3.59. The summed E-state index contributed by atoms with van der Waals surface area (Å²) < 4.78 is 48.2. The monoisotopic (exact) mass is 250 g/mol. The summed E-state index contributed by atoms with van der Waals surface area (Å²) in [5.41, 5.74) is 0.577. The van der Waals surface area contributed by atoms with E-state index in [1.165, 1.54) is 4.57 Å². The molecule has 0 aliphatic rings. The van der Waals surface area contributed by atoms with Gasteiger partial charge in [-0.05, 0) is 19.4 Å². The van der Waals surface area contributed by atoms with Gasteiger partial charge in [0, 0.05) is 13.2 Å². The van der Waals surface area contributed by atoms with Gasteiger partial charge in [0.05, 0.1) is 11.4 Å². The fraction of sp³-hybridized carbons (Fsp3) is 0.444. The summed E-state index contributed by atoms with van der Waals surface area (Å²) >= 11 is 0. The van der Waals surface area contributed by atoms with Crippen LogP contribution in [0.4, 0.5) is 8.78 Å². The molecule has 0 atom stereocenters. The maximum Gasteiger partial charge on any atom is 0.266 e. The lowest BCUT2D eigenvalue weighted by Gasteiger charge is -2.01. The summed E-state index contributed by atoms with van der Waals surface area (Å²) in [5, 5.41) is -0.0855. The Hall–Kier alpha value is -1.24. The highest BCUT2D eigenvalue weighted by Gasteiger charge is 2.19. The largest absolute Gasteiger partial charge is 0.325 e. The SMILES string of the molecule is Cc1cn(C)c(S(=O)(=O)CCC=C(F)F)n1. The average molecular weight is 250 g/mol. The molecule has 7 heteroatoms. The molecule has 0 saturated carbocycles. The van der Waals surface area contributed by atoms with Gasteiger partial charge in [0.1, 0.15) is 0 Å². The summed E-state index contributed by atoms with van der Waals surface area (Å²) in [7, 11) is -2.04. The summed E-state index contributed by atoms with van der Waals surface area (Å²) in [5.74, 6) is -0.366. The predicted molar refractivity (Wildman–Crippen MR) is 54.9 cm³/mol. The smallest absolute Gasteiger partial charge is 0.266 e. The van der Waals surface area contributed by atoms with E-state index in [0.717, 1.165) is 0 Å². The Morgan fingerprint density at radius 1 is 1.56 bits per heavy atom. The van der Waals surface area contributed by atoms with Crippen molar-refractivity contribution in [3.8, 4) is 0 Å². The minimum Gasteiger partial charge on any atom is -0.325 e. The van der Waals surface area contributed by atoms with Crippen molar-refractivity contribution >= 4 is 9.84 Å². The van der Waals surface area contributed by atoms with Crippen LogP contribution in [0.2, 0.25) is 0 Å². The first-order valence-corrected chi connectivity index (χ1v) is 6.22. The second-order valence-electron chi connectivity index (χ2n) is 3.38. The van der Waals surface area contributed by atoms with Crippen LogP contribution in [0.1, 0.15) is 12.1 Å². The van der Waals surface area contributed by atoms with E-state index in [2.05, 4.69) is 4.98 Å². The van der Waals surface area contributed by atoms with E-state index in [9.17, 15) is 17.2 Å². The molecule has 0 aromatic carbocycles. The number of aryl methyl sites for hydroxylation is 2. The molecule has 0 aliphatic heterocycles. The molecule has 0 unspecified atom stereocenters. The molecule has 0 saturated heterocycles. The van der Waals surface area contributed by atoms with Crippen LogP contribution in [0.15, 0.2) is 23.5 Å². The van der Waals surface area contributed by atoms with Crippen LogP contribution in [0.25, 0.3) is 0 Å². The number of halogens is 2. The second kappa shape index (κ2) is 4.73. The lowest BCUT2D eigenvalue weighted by atomic mass is 10.5. The minimum absolute atomic E-state index is 0.0855. The molecule has 1 aromatic rings. The Balaban J connectivity index is 2.87. The zero-order chi connectivity index (χ0) is 12.3. The average Bonchev–Trinajstić information content (AvgIpc) is 2.44. The molecule has 1 heterocycles. The van der Waals surface area contributed by atoms with Crippen LogP contribution in [-0.2, 0) is 16.9 Å². The van der Waals surface area contributed by atoms with Gasteiger partial charge >= 0.3 is 0 Å². The van der Waals surface area contributed by atoms with E-state index in [-0.39, 0.29) is 17.3 Å². The molecule has 0 fully saturated rings.